The third kappa shape index (κ3) is 9.48. The Morgan fingerprint density at radius 1 is 1.03 bits per heavy atom. The van der Waals surface area contributed by atoms with E-state index >= 15 is 0 Å². The van der Waals surface area contributed by atoms with E-state index in [4.69, 9.17) is 14.7 Å². The van der Waals surface area contributed by atoms with E-state index in [0.29, 0.717) is 19.3 Å². The first-order valence-corrected chi connectivity index (χ1v) is 10.8. The van der Waals surface area contributed by atoms with Gasteiger partial charge in [-0.2, -0.15) is 0 Å². The van der Waals surface area contributed by atoms with E-state index in [0.717, 1.165) is 5.56 Å². The number of benzene rings is 1. The fraction of sp³-hybridized carbons (Fsp3) is 0.609. The smallest absolute Gasteiger partial charge is 0.329 e. The number of esters is 1. The van der Waals surface area contributed by atoms with Crippen LogP contribution in [0, 0.1) is 17.8 Å². The van der Waals surface area contributed by atoms with Gasteiger partial charge in [-0.15, -0.1) is 0 Å². The first-order valence-electron chi connectivity index (χ1n) is 10.8. The summed E-state index contributed by atoms with van der Waals surface area (Å²) >= 11 is 0. The summed E-state index contributed by atoms with van der Waals surface area (Å²) in [5.41, 5.74) is 2.55. The molecule has 174 valence electrons. The quantitative estimate of drug-likeness (QED) is 0.179. The summed E-state index contributed by atoms with van der Waals surface area (Å²) in [5, 5.41) is 12.0. The van der Waals surface area contributed by atoms with Gasteiger partial charge in [0.25, 0.3) is 0 Å². The summed E-state index contributed by atoms with van der Waals surface area (Å²) in [6, 6.07) is 8.42. The second kappa shape index (κ2) is 14.5. The van der Waals surface area contributed by atoms with Gasteiger partial charge in [-0.25, -0.2) is 10.3 Å². The largest absolute Gasteiger partial charge is 0.462 e. The minimum Gasteiger partial charge on any atom is -0.462 e. The second-order valence-corrected chi connectivity index (χ2v) is 8.02. The lowest BCUT2D eigenvalue weighted by atomic mass is 9.81. The number of hydrogen-bond donors (Lipinski definition) is 3. The molecule has 0 aliphatic heterocycles. The molecule has 31 heavy (non-hydrogen) atoms. The van der Waals surface area contributed by atoms with E-state index in [9.17, 15) is 14.4 Å². The van der Waals surface area contributed by atoms with Gasteiger partial charge in [0.1, 0.15) is 12.6 Å². The molecule has 0 heterocycles. The number of rotatable bonds is 14. The highest BCUT2D eigenvalue weighted by molar-refractivity contribution is 5.90. The Labute approximate surface area is 184 Å². The fourth-order valence-corrected chi connectivity index (χ4v) is 3.52. The molecular formula is C23H36N2O6. The number of carbonyl (C=O) groups is 3. The van der Waals surface area contributed by atoms with Crippen molar-refractivity contribution in [1.82, 2.24) is 10.8 Å². The van der Waals surface area contributed by atoms with Gasteiger partial charge in [0.2, 0.25) is 11.8 Å². The minimum atomic E-state index is -0.902. The highest BCUT2D eigenvalue weighted by atomic mass is 16.6. The highest BCUT2D eigenvalue weighted by Gasteiger charge is 2.35. The molecule has 0 bridgehead atoms. The molecule has 8 heteroatoms. The molecule has 0 saturated heterocycles. The molecule has 0 fully saturated rings. The van der Waals surface area contributed by atoms with Crippen LogP contribution in [0.5, 0.6) is 0 Å². The van der Waals surface area contributed by atoms with Crippen LogP contribution in [0.25, 0.3) is 0 Å². The van der Waals surface area contributed by atoms with Crippen molar-refractivity contribution in [3.8, 4) is 0 Å². The summed E-state index contributed by atoms with van der Waals surface area (Å²) in [6.45, 7) is 6.16. The summed E-state index contributed by atoms with van der Waals surface area (Å²) in [4.78, 5) is 38.2. The number of methoxy groups -OCH3 is 1. The SMILES string of the molecule is CCCC(C(=O)NO)C(CC(C)C)C(=O)NC(Cc1ccccc1)C(=O)OCCOC. The number of amides is 2. The second-order valence-electron chi connectivity index (χ2n) is 8.02. The maximum atomic E-state index is 13.2. The Balaban J connectivity index is 3.08. The van der Waals surface area contributed by atoms with Gasteiger partial charge in [0, 0.05) is 19.4 Å². The first-order chi connectivity index (χ1) is 14.8. The Morgan fingerprint density at radius 3 is 2.26 bits per heavy atom. The molecule has 1 aromatic rings. The molecular weight excluding hydrogens is 400 g/mol. The van der Waals surface area contributed by atoms with Crippen molar-refractivity contribution in [2.45, 2.75) is 52.5 Å². The number of hydroxylamine groups is 1. The maximum absolute atomic E-state index is 13.2. The van der Waals surface area contributed by atoms with Crippen LogP contribution in [0.3, 0.4) is 0 Å². The van der Waals surface area contributed by atoms with Crippen molar-refractivity contribution in [3.63, 3.8) is 0 Å². The molecule has 2 amide bonds. The molecule has 0 radical (unpaired) electrons. The third-order valence-electron chi connectivity index (χ3n) is 5.01. The lowest BCUT2D eigenvalue weighted by Gasteiger charge is -2.28. The topological polar surface area (TPSA) is 114 Å². The van der Waals surface area contributed by atoms with Crippen LogP contribution in [0.2, 0.25) is 0 Å². The van der Waals surface area contributed by atoms with Gasteiger partial charge in [-0.05, 0) is 24.3 Å². The van der Waals surface area contributed by atoms with Gasteiger partial charge in [-0.1, -0.05) is 57.5 Å². The first kappa shape index (κ1) is 26.6. The Hall–Kier alpha value is -2.45. The van der Waals surface area contributed by atoms with Crippen LogP contribution < -0.4 is 10.8 Å². The monoisotopic (exact) mass is 436 g/mol. The lowest BCUT2D eigenvalue weighted by Crippen LogP contribution is -2.49. The molecule has 0 saturated carbocycles. The van der Waals surface area contributed by atoms with Crippen molar-refractivity contribution in [3.05, 3.63) is 35.9 Å². The van der Waals surface area contributed by atoms with Gasteiger partial charge in [0.05, 0.1) is 12.5 Å². The summed E-state index contributed by atoms with van der Waals surface area (Å²) in [6.07, 6.45) is 1.82. The van der Waals surface area contributed by atoms with E-state index in [1.165, 1.54) is 7.11 Å². The average Bonchev–Trinajstić information content (AvgIpc) is 2.75. The zero-order chi connectivity index (χ0) is 23.2. The molecule has 0 spiro atoms. The van der Waals surface area contributed by atoms with Crippen LogP contribution in [-0.2, 0) is 30.3 Å². The Bertz CT molecular complexity index is 680. The zero-order valence-corrected chi connectivity index (χ0v) is 18.9. The number of ether oxygens (including phenoxy) is 2. The number of nitrogens with one attached hydrogen (secondary N) is 2. The van der Waals surface area contributed by atoms with E-state index in [1.54, 1.807) is 5.48 Å². The number of hydrogen-bond acceptors (Lipinski definition) is 6. The predicted octanol–water partition coefficient (Wildman–Crippen LogP) is 2.49. The predicted molar refractivity (Wildman–Crippen MR) is 116 cm³/mol. The molecule has 1 rings (SSSR count). The van der Waals surface area contributed by atoms with E-state index in [2.05, 4.69) is 5.32 Å². The van der Waals surface area contributed by atoms with E-state index in [1.807, 2.05) is 51.1 Å². The molecule has 0 aliphatic carbocycles. The molecule has 8 nitrogen and oxygen atoms in total. The Kier molecular flexibility index (Phi) is 12.5. The molecule has 0 aromatic heterocycles. The Morgan fingerprint density at radius 2 is 1.71 bits per heavy atom. The van der Waals surface area contributed by atoms with Crippen LogP contribution in [-0.4, -0.2) is 49.4 Å². The van der Waals surface area contributed by atoms with Crippen LogP contribution >= 0.6 is 0 Å². The number of carbonyl (C=O) groups excluding carboxylic acids is 3. The van der Waals surface area contributed by atoms with Gasteiger partial charge >= 0.3 is 5.97 Å². The van der Waals surface area contributed by atoms with Crippen LogP contribution in [0.4, 0.5) is 0 Å². The summed E-state index contributed by atoms with van der Waals surface area (Å²) < 4.78 is 10.2. The fourth-order valence-electron chi connectivity index (χ4n) is 3.52. The van der Waals surface area contributed by atoms with Crippen molar-refractivity contribution in [2.24, 2.45) is 17.8 Å². The molecule has 3 atom stereocenters. The molecule has 3 N–H and O–H groups in total. The van der Waals surface area contributed by atoms with Gasteiger partial charge < -0.3 is 14.8 Å². The van der Waals surface area contributed by atoms with Gasteiger partial charge in [-0.3, -0.25) is 14.8 Å². The van der Waals surface area contributed by atoms with E-state index < -0.39 is 35.7 Å². The highest BCUT2D eigenvalue weighted by Crippen LogP contribution is 2.26. The molecule has 1 aromatic carbocycles. The average molecular weight is 437 g/mol. The molecule has 3 unspecified atom stereocenters. The van der Waals surface area contributed by atoms with Crippen molar-refractivity contribution >= 4 is 17.8 Å². The lowest BCUT2D eigenvalue weighted by molar-refractivity contribution is -0.150. The minimum absolute atomic E-state index is 0.0806. The summed E-state index contributed by atoms with van der Waals surface area (Å²) in [7, 11) is 1.51. The normalized spacial score (nSPS) is 13.9. The van der Waals surface area contributed by atoms with Crippen LogP contribution in [0.15, 0.2) is 30.3 Å². The van der Waals surface area contributed by atoms with Crippen LogP contribution in [0.1, 0.15) is 45.6 Å². The van der Waals surface area contributed by atoms with Crippen molar-refractivity contribution in [1.29, 1.82) is 0 Å². The third-order valence-corrected chi connectivity index (χ3v) is 5.01. The zero-order valence-electron chi connectivity index (χ0n) is 18.9. The van der Waals surface area contributed by atoms with Crippen molar-refractivity contribution < 1.29 is 29.1 Å². The van der Waals surface area contributed by atoms with E-state index in [-0.39, 0.29) is 25.6 Å². The standard InChI is InChI=1S/C23H36N2O6/c1-5-9-18(22(27)25-29)19(14-16(2)3)21(26)24-20(23(28)31-13-12-30-4)15-17-10-7-6-8-11-17/h6-8,10-11,16,18-20,29H,5,9,12-15H2,1-4H3,(H,24,26)(H,25,27). The molecule has 0 aliphatic rings. The maximum Gasteiger partial charge on any atom is 0.329 e. The van der Waals surface area contributed by atoms with Crippen molar-refractivity contribution in [2.75, 3.05) is 20.3 Å². The van der Waals surface area contributed by atoms with Gasteiger partial charge in [0.15, 0.2) is 0 Å². The summed E-state index contributed by atoms with van der Waals surface area (Å²) in [5.74, 6) is -2.79.